The molecule has 1 nitrogen and oxygen atoms in total. The highest BCUT2D eigenvalue weighted by atomic mass is 14.9. The van der Waals surface area contributed by atoms with E-state index in [9.17, 15) is 0 Å². The van der Waals surface area contributed by atoms with E-state index in [0.717, 1.165) is 19.4 Å². The first-order valence-electron chi connectivity index (χ1n) is 8.56. The number of hydrogen-bond acceptors (Lipinski definition) is 1. The summed E-state index contributed by atoms with van der Waals surface area (Å²) in [5.74, 6) is 0. The molecule has 0 bridgehead atoms. The summed E-state index contributed by atoms with van der Waals surface area (Å²) >= 11 is 0. The van der Waals surface area contributed by atoms with Gasteiger partial charge in [0.05, 0.1) is 0 Å². The first-order chi connectivity index (χ1) is 11.3. The fourth-order valence-corrected chi connectivity index (χ4v) is 3.08. The lowest BCUT2D eigenvalue weighted by molar-refractivity contribution is 0.534. The van der Waals surface area contributed by atoms with Crippen LogP contribution in [0.2, 0.25) is 0 Å². The molecule has 0 aromatic heterocycles. The summed E-state index contributed by atoms with van der Waals surface area (Å²) in [5.41, 5.74) is 2.84. The molecule has 0 aliphatic carbocycles. The number of nitrogens with one attached hydrogen (secondary N) is 1. The molecule has 0 aliphatic heterocycles. The van der Waals surface area contributed by atoms with E-state index in [2.05, 4.69) is 85.0 Å². The van der Waals surface area contributed by atoms with Crippen LogP contribution < -0.4 is 5.32 Å². The zero-order valence-corrected chi connectivity index (χ0v) is 13.8. The van der Waals surface area contributed by atoms with Crippen molar-refractivity contribution in [2.45, 2.75) is 32.2 Å². The molecule has 0 saturated heterocycles. The van der Waals surface area contributed by atoms with Gasteiger partial charge in [-0.05, 0) is 54.6 Å². The third kappa shape index (κ3) is 4.67. The van der Waals surface area contributed by atoms with Gasteiger partial charge in [-0.15, -0.1) is 0 Å². The van der Waals surface area contributed by atoms with Crippen molar-refractivity contribution in [3.8, 4) is 0 Å². The van der Waals surface area contributed by atoms with E-state index in [0.29, 0.717) is 6.04 Å². The number of fused-ring (bicyclic) bond motifs is 1. The molecule has 1 N–H and O–H groups in total. The Kier molecular flexibility index (Phi) is 5.44. The van der Waals surface area contributed by atoms with Crippen LogP contribution in [-0.2, 0) is 12.8 Å². The van der Waals surface area contributed by atoms with Gasteiger partial charge in [0.15, 0.2) is 0 Å². The highest BCUT2D eigenvalue weighted by Gasteiger charge is 2.04. The smallest absolute Gasteiger partial charge is 0.00791 e. The molecular weight excluding hydrogens is 278 g/mol. The van der Waals surface area contributed by atoms with Crippen LogP contribution in [0.5, 0.6) is 0 Å². The molecule has 0 amide bonds. The summed E-state index contributed by atoms with van der Waals surface area (Å²) in [5, 5.41) is 6.30. The Morgan fingerprint density at radius 3 is 2.35 bits per heavy atom. The predicted molar refractivity (Wildman–Crippen MR) is 99.9 cm³/mol. The number of benzene rings is 3. The monoisotopic (exact) mass is 303 g/mol. The van der Waals surface area contributed by atoms with Crippen LogP contribution in [0.25, 0.3) is 10.8 Å². The maximum absolute atomic E-state index is 3.65. The fraction of sp³-hybridized carbons (Fsp3) is 0.273. The molecule has 0 saturated carbocycles. The van der Waals surface area contributed by atoms with Gasteiger partial charge in [-0.3, -0.25) is 0 Å². The van der Waals surface area contributed by atoms with Gasteiger partial charge >= 0.3 is 0 Å². The van der Waals surface area contributed by atoms with Gasteiger partial charge in [-0.25, -0.2) is 0 Å². The Labute approximate surface area is 139 Å². The molecule has 118 valence electrons. The van der Waals surface area contributed by atoms with Gasteiger partial charge in [0.1, 0.15) is 0 Å². The van der Waals surface area contributed by atoms with Crippen molar-refractivity contribution in [1.82, 2.24) is 5.32 Å². The Morgan fingerprint density at radius 1 is 0.783 bits per heavy atom. The molecule has 1 heteroatoms. The zero-order valence-electron chi connectivity index (χ0n) is 13.8. The van der Waals surface area contributed by atoms with E-state index in [-0.39, 0.29) is 0 Å². The molecule has 1 atom stereocenters. The normalized spacial score (nSPS) is 12.4. The van der Waals surface area contributed by atoms with E-state index < -0.39 is 0 Å². The Bertz CT molecular complexity index is 733. The molecule has 3 rings (SSSR count). The predicted octanol–water partition coefficient (Wildman–Crippen LogP) is 4.99. The third-order valence-electron chi connectivity index (χ3n) is 4.33. The second-order valence-electron chi connectivity index (χ2n) is 6.33. The largest absolute Gasteiger partial charge is 0.314 e. The molecule has 3 aromatic rings. The van der Waals surface area contributed by atoms with Crippen molar-refractivity contribution in [3.63, 3.8) is 0 Å². The molecule has 23 heavy (non-hydrogen) atoms. The Balaban J connectivity index is 1.45. The van der Waals surface area contributed by atoms with Gasteiger partial charge in [-0.2, -0.15) is 0 Å². The van der Waals surface area contributed by atoms with Crippen molar-refractivity contribution in [1.29, 1.82) is 0 Å². The average molecular weight is 303 g/mol. The summed E-state index contributed by atoms with van der Waals surface area (Å²) in [7, 11) is 0. The molecule has 0 spiro atoms. The number of hydrogen-bond donors (Lipinski definition) is 1. The van der Waals surface area contributed by atoms with Crippen LogP contribution in [0.4, 0.5) is 0 Å². The van der Waals surface area contributed by atoms with Gasteiger partial charge in [0, 0.05) is 6.04 Å². The quantitative estimate of drug-likeness (QED) is 0.606. The molecule has 0 unspecified atom stereocenters. The molecule has 3 aromatic carbocycles. The van der Waals surface area contributed by atoms with Crippen LogP contribution in [0.3, 0.4) is 0 Å². The first-order valence-corrected chi connectivity index (χ1v) is 8.56. The lowest BCUT2D eigenvalue weighted by Crippen LogP contribution is -2.29. The minimum atomic E-state index is 0.506. The second-order valence-corrected chi connectivity index (χ2v) is 6.33. The Morgan fingerprint density at radius 2 is 1.52 bits per heavy atom. The van der Waals surface area contributed by atoms with Gasteiger partial charge < -0.3 is 5.32 Å². The summed E-state index contributed by atoms with van der Waals surface area (Å²) in [6.07, 6.45) is 3.42. The lowest BCUT2D eigenvalue weighted by atomic mass is 10.0. The fourth-order valence-electron chi connectivity index (χ4n) is 3.08. The van der Waals surface area contributed by atoms with E-state index in [1.54, 1.807) is 0 Å². The minimum absolute atomic E-state index is 0.506. The molecule has 0 heterocycles. The van der Waals surface area contributed by atoms with Crippen LogP contribution in [-0.4, -0.2) is 12.6 Å². The van der Waals surface area contributed by atoms with Crippen molar-refractivity contribution in [3.05, 3.63) is 83.9 Å². The summed E-state index contributed by atoms with van der Waals surface area (Å²) in [4.78, 5) is 0. The van der Waals surface area contributed by atoms with Crippen molar-refractivity contribution < 1.29 is 0 Å². The maximum Gasteiger partial charge on any atom is 0.00791 e. The topological polar surface area (TPSA) is 12.0 Å². The minimum Gasteiger partial charge on any atom is -0.314 e. The molecule has 0 radical (unpaired) electrons. The van der Waals surface area contributed by atoms with E-state index >= 15 is 0 Å². The van der Waals surface area contributed by atoms with E-state index in [4.69, 9.17) is 0 Å². The zero-order chi connectivity index (χ0) is 15.9. The summed E-state index contributed by atoms with van der Waals surface area (Å²) in [6.45, 7) is 3.35. The lowest BCUT2D eigenvalue weighted by Gasteiger charge is -2.14. The van der Waals surface area contributed by atoms with E-state index in [1.807, 2.05) is 0 Å². The van der Waals surface area contributed by atoms with Gasteiger partial charge in [0.2, 0.25) is 0 Å². The van der Waals surface area contributed by atoms with Crippen molar-refractivity contribution >= 4 is 10.8 Å². The molecule has 0 fully saturated rings. The van der Waals surface area contributed by atoms with Gasteiger partial charge in [0.25, 0.3) is 0 Å². The van der Waals surface area contributed by atoms with Crippen LogP contribution in [0.15, 0.2) is 72.8 Å². The van der Waals surface area contributed by atoms with E-state index in [1.165, 1.54) is 28.3 Å². The standard InChI is InChI=1S/C22H25N/c1-18(23-15-7-10-19-8-3-2-4-9-19)16-20-13-14-21-11-5-6-12-22(21)17-20/h2-6,8-9,11-14,17-18,23H,7,10,15-16H2,1H3/t18-/m1/s1. The number of rotatable bonds is 7. The first kappa shape index (κ1) is 15.8. The number of aryl methyl sites for hydroxylation is 1. The second kappa shape index (κ2) is 7.94. The maximum atomic E-state index is 3.65. The molecule has 0 aliphatic rings. The van der Waals surface area contributed by atoms with Crippen molar-refractivity contribution in [2.75, 3.05) is 6.54 Å². The highest BCUT2D eigenvalue weighted by molar-refractivity contribution is 5.82. The van der Waals surface area contributed by atoms with Crippen LogP contribution >= 0.6 is 0 Å². The van der Waals surface area contributed by atoms with Crippen molar-refractivity contribution in [2.24, 2.45) is 0 Å². The SMILES string of the molecule is C[C@H](Cc1ccc2ccccc2c1)NCCCc1ccccc1. The average Bonchev–Trinajstić information content (AvgIpc) is 2.59. The summed E-state index contributed by atoms with van der Waals surface area (Å²) in [6, 6.07) is 26.6. The van der Waals surface area contributed by atoms with Gasteiger partial charge in [-0.1, -0.05) is 72.8 Å². The van der Waals surface area contributed by atoms with Crippen LogP contribution in [0.1, 0.15) is 24.5 Å². The van der Waals surface area contributed by atoms with Crippen LogP contribution in [0, 0.1) is 0 Å². The Hall–Kier alpha value is -2.12. The summed E-state index contributed by atoms with van der Waals surface area (Å²) < 4.78 is 0. The third-order valence-corrected chi connectivity index (χ3v) is 4.33. The highest BCUT2D eigenvalue weighted by Crippen LogP contribution is 2.16. The molecular formula is C22H25N.